The van der Waals surface area contributed by atoms with E-state index in [9.17, 15) is 9.90 Å². The van der Waals surface area contributed by atoms with Crippen LogP contribution in [-0.2, 0) is 10.2 Å². The normalized spacial score (nSPS) is 20.1. The van der Waals surface area contributed by atoms with Crippen LogP contribution in [0.15, 0.2) is 30.3 Å². The molecule has 0 saturated heterocycles. The van der Waals surface area contributed by atoms with Gasteiger partial charge in [0.2, 0.25) is 0 Å². The lowest BCUT2D eigenvalue weighted by Crippen LogP contribution is -2.41. The van der Waals surface area contributed by atoms with Gasteiger partial charge in [0.25, 0.3) is 0 Å². The molecule has 1 fully saturated rings. The molecule has 1 atom stereocenters. The van der Waals surface area contributed by atoms with E-state index in [0.29, 0.717) is 12.3 Å². The van der Waals surface area contributed by atoms with Crippen LogP contribution in [0.2, 0.25) is 0 Å². The monoisotopic (exact) mass is 232 g/mol. The van der Waals surface area contributed by atoms with Crippen molar-refractivity contribution < 1.29 is 9.90 Å². The molecule has 1 aromatic carbocycles. The molecule has 0 heterocycles. The molecular weight excluding hydrogens is 212 g/mol. The van der Waals surface area contributed by atoms with Crippen molar-refractivity contribution in [1.82, 2.24) is 0 Å². The van der Waals surface area contributed by atoms with E-state index >= 15 is 0 Å². The maximum absolute atomic E-state index is 11.8. The van der Waals surface area contributed by atoms with Gasteiger partial charge in [-0.1, -0.05) is 50.1 Å². The first-order valence-electron chi connectivity index (χ1n) is 6.50. The Hall–Kier alpha value is -1.31. The van der Waals surface area contributed by atoms with E-state index in [4.69, 9.17) is 0 Å². The molecule has 2 nitrogen and oxygen atoms in total. The van der Waals surface area contributed by atoms with E-state index in [2.05, 4.69) is 0 Å². The first kappa shape index (κ1) is 12.2. The van der Waals surface area contributed by atoms with Crippen LogP contribution in [-0.4, -0.2) is 11.1 Å². The van der Waals surface area contributed by atoms with Gasteiger partial charge in [0.1, 0.15) is 0 Å². The van der Waals surface area contributed by atoms with Gasteiger partial charge in [0.05, 0.1) is 5.41 Å². The predicted octanol–water partition coefficient (Wildman–Crippen LogP) is 3.61. The Morgan fingerprint density at radius 3 is 2.35 bits per heavy atom. The summed E-state index contributed by atoms with van der Waals surface area (Å²) in [6.45, 7) is 2.00. The van der Waals surface area contributed by atoms with Crippen molar-refractivity contribution in [1.29, 1.82) is 0 Å². The smallest absolute Gasteiger partial charge is 0.314 e. The van der Waals surface area contributed by atoms with Gasteiger partial charge in [-0.15, -0.1) is 0 Å². The summed E-state index contributed by atoms with van der Waals surface area (Å²) in [4.78, 5) is 11.8. The summed E-state index contributed by atoms with van der Waals surface area (Å²) in [5.74, 6) is -0.356. The SMILES string of the molecule is CCC(C(=O)O)(c1ccccc1)C1CCCC1. The van der Waals surface area contributed by atoms with Crippen molar-refractivity contribution in [2.24, 2.45) is 5.92 Å². The van der Waals surface area contributed by atoms with Crippen LogP contribution < -0.4 is 0 Å². The highest BCUT2D eigenvalue weighted by Crippen LogP contribution is 2.44. The molecule has 1 unspecified atom stereocenters. The predicted molar refractivity (Wildman–Crippen MR) is 68.0 cm³/mol. The molecular formula is C15H20O2. The Bertz CT molecular complexity index is 379. The second-order valence-corrected chi connectivity index (χ2v) is 4.98. The summed E-state index contributed by atoms with van der Waals surface area (Å²) >= 11 is 0. The van der Waals surface area contributed by atoms with Crippen molar-refractivity contribution in [2.45, 2.75) is 44.4 Å². The summed E-state index contributed by atoms with van der Waals surface area (Å²) in [7, 11) is 0. The highest BCUT2D eigenvalue weighted by atomic mass is 16.4. The summed E-state index contributed by atoms with van der Waals surface area (Å²) in [6.07, 6.45) is 5.13. The third-order valence-electron chi connectivity index (χ3n) is 4.28. The lowest BCUT2D eigenvalue weighted by Gasteiger charge is -2.34. The molecule has 92 valence electrons. The lowest BCUT2D eigenvalue weighted by molar-refractivity contribution is -0.146. The molecule has 17 heavy (non-hydrogen) atoms. The van der Waals surface area contributed by atoms with Gasteiger partial charge in [-0.2, -0.15) is 0 Å². The minimum Gasteiger partial charge on any atom is -0.481 e. The minimum absolute atomic E-state index is 0.299. The fourth-order valence-corrected chi connectivity index (χ4v) is 3.33. The van der Waals surface area contributed by atoms with Gasteiger partial charge in [-0.3, -0.25) is 4.79 Å². The molecule has 1 saturated carbocycles. The van der Waals surface area contributed by atoms with Gasteiger partial charge in [-0.25, -0.2) is 0 Å². The number of rotatable bonds is 4. The van der Waals surface area contributed by atoms with Crippen LogP contribution in [0.4, 0.5) is 0 Å². The number of carbonyl (C=O) groups is 1. The third kappa shape index (κ3) is 1.97. The first-order valence-corrected chi connectivity index (χ1v) is 6.50. The topological polar surface area (TPSA) is 37.3 Å². The number of benzene rings is 1. The average Bonchev–Trinajstić information content (AvgIpc) is 2.86. The second-order valence-electron chi connectivity index (χ2n) is 4.98. The molecule has 1 aromatic rings. The van der Waals surface area contributed by atoms with Crippen molar-refractivity contribution in [3.63, 3.8) is 0 Å². The highest BCUT2D eigenvalue weighted by molar-refractivity contribution is 5.81. The molecule has 2 heteroatoms. The Morgan fingerprint density at radius 1 is 1.29 bits per heavy atom. The number of hydrogen-bond acceptors (Lipinski definition) is 1. The summed E-state index contributed by atoms with van der Waals surface area (Å²) in [5, 5.41) is 9.74. The fraction of sp³-hybridized carbons (Fsp3) is 0.533. The zero-order valence-electron chi connectivity index (χ0n) is 10.4. The zero-order chi connectivity index (χ0) is 12.3. The van der Waals surface area contributed by atoms with Crippen LogP contribution in [0.1, 0.15) is 44.6 Å². The summed E-state index contributed by atoms with van der Waals surface area (Å²) in [5.41, 5.74) is 0.305. The average molecular weight is 232 g/mol. The fourth-order valence-electron chi connectivity index (χ4n) is 3.33. The molecule has 1 N–H and O–H groups in total. The van der Waals surface area contributed by atoms with Gasteiger partial charge < -0.3 is 5.11 Å². The number of carboxylic acids is 1. The largest absolute Gasteiger partial charge is 0.481 e. The molecule has 1 aliphatic rings. The molecule has 0 aromatic heterocycles. The van der Waals surface area contributed by atoms with Crippen LogP contribution >= 0.6 is 0 Å². The maximum atomic E-state index is 11.8. The first-order chi connectivity index (χ1) is 8.21. The van der Waals surface area contributed by atoms with Crippen LogP contribution in [0, 0.1) is 5.92 Å². The lowest BCUT2D eigenvalue weighted by atomic mass is 9.67. The zero-order valence-corrected chi connectivity index (χ0v) is 10.4. The van der Waals surface area contributed by atoms with Gasteiger partial charge in [0.15, 0.2) is 0 Å². The van der Waals surface area contributed by atoms with Gasteiger partial charge in [-0.05, 0) is 30.7 Å². The molecule has 0 radical (unpaired) electrons. The molecule has 1 aliphatic carbocycles. The third-order valence-corrected chi connectivity index (χ3v) is 4.28. The number of aliphatic carboxylic acids is 1. The van der Waals surface area contributed by atoms with E-state index in [0.717, 1.165) is 18.4 Å². The molecule has 0 aliphatic heterocycles. The van der Waals surface area contributed by atoms with Crippen LogP contribution in [0.5, 0.6) is 0 Å². The number of hydrogen-bond donors (Lipinski definition) is 1. The highest BCUT2D eigenvalue weighted by Gasteiger charge is 2.46. The molecule has 0 bridgehead atoms. The van der Waals surface area contributed by atoms with Crippen molar-refractivity contribution in [3.05, 3.63) is 35.9 Å². The van der Waals surface area contributed by atoms with Crippen LogP contribution in [0.3, 0.4) is 0 Å². The molecule has 0 spiro atoms. The Kier molecular flexibility index (Phi) is 3.51. The van der Waals surface area contributed by atoms with Crippen molar-refractivity contribution >= 4 is 5.97 Å². The Labute approximate surface area is 103 Å². The minimum atomic E-state index is -0.669. The van der Waals surface area contributed by atoms with Crippen LogP contribution in [0.25, 0.3) is 0 Å². The quantitative estimate of drug-likeness (QED) is 0.861. The maximum Gasteiger partial charge on any atom is 0.314 e. The Morgan fingerprint density at radius 2 is 1.88 bits per heavy atom. The molecule has 0 amide bonds. The van der Waals surface area contributed by atoms with E-state index in [1.165, 1.54) is 12.8 Å². The van der Waals surface area contributed by atoms with Gasteiger partial charge >= 0.3 is 5.97 Å². The van der Waals surface area contributed by atoms with E-state index in [-0.39, 0.29) is 0 Å². The standard InChI is InChI=1S/C15H20O2/c1-2-15(14(16)17,13-10-6-7-11-13)12-8-4-3-5-9-12/h3-5,8-9,13H,2,6-7,10-11H2,1H3,(H,16,17). The van der Waals surface area contributed by atoms with Crippen molar-refractivity contribution in [3.8, 4) is 0 Å². The number of carboxylic acid groups (broad SMARTS) is 1. The van der Waals surface area contributed by atoms with E-state index in [1.807, 2.05) is 37.3 Å². The summed E-state index contributed by atoms with van der Waals surface area (Å²) in [6, 6.07) is 9.77. The van der Waals surface area contributed by atoms with Crippen molar-refractivity contribution in [2.75, 3.05) is 0 Å². The second kappa shape index (κ2) is 4.91. The van der Waals surface area contributed by atoms with E-state index < -0.39 is 11.4 Å². The summed E-state index contributed by atoms with van der Waals surface area (Å²) < 4.78 is 0. The Balaban J connectivity index is 2.45. The molecule has 2 rings (SSSR count). The van der Waals surface area contributed by atoms with E-state index in [1.54, 1.807) is 0 Å². The van der Waals surface area contributed by atoms with Gasteiger partial charge in [0, 0.05) is 0 Å².